The number of halogens is 2. The van der Waals surface area contributed by atoms with E-state index in [0.29, 0.717) is 23.8 Å². The maximum absolute atomic E-state index is 13.0. The molecule has 0 amide bonds. The molecule has 84 valence electrons. The fourth-order valence-electron chi connectivity index (χ4n) is 1.25. The molecule has 1 atom stereocenters. The van der Waals surface area contributed by atoms with E-state index in [4.69, 9.17) is 22.2 Å². The highest BCUT2D eigenvalue weighted by molar-refractivity contribution is 6.31. The van der Waals surface area contributed by atoms with Gasteiger partial charge in [-0.15, -0.1) is 0 Å². The van der Waals surface area contributed by atoms with E-state index in [2.05, 4.69) is 5.43 Å². The van der Waals surface area contributed by atoms with E-state index in [9.17, 15) is 4.39 Å². The van der Waals surface area contributed by atoms with Crippen molar-refractivity contribution >= 4 is 11.6 Å². The molecule has 0 saturated heterocycles. The number of ether oxygens (including phenoxy) is 1. The minimum atomic E-state index is -0.342. The number of nitrogens with two attached hydrogens (primary N) is 1. The third-order valence-corrected chi connectivity index (χ3v) is 2.37. The summed E-state index contributed by atoms with van der Waals surface area (Å²) in [7, 11) is 0. The maximum Gasteiger partial charge on any atom is 0.123 e. The Morgan fingerprint density at radius 1 is 1.60 bits per heavy atom. The average molecular weight is 233 g/mol. The van der Waals surface area contributed by atoms with Gasteiger partial charge in [-0.25, -0.2) is 4.39 Å². The quantitative estimate of drug-likeness (QED) is 0.603. The third-order valence-electron chi connectivity index (χ3n) is 2.02. The summed E-state index contributed by atoms with van der Waals surface area (Å²) < 4.78 is 18.2. The van der Waals surface area contributed by atoms with Crippen LogP contribution in [0.15, 0.2) is 18.2 Å². The van der Waals surface area contributed by atoms with Crippen molar-refractivity contribution < 1.29 is 9.13 Å². The molecular weight excluding hydrogens is 219 g/mol. The summed E-state index contributed by atoms with van der Waals surface area (Å²) >= 11 is 5.93. The highest BCUT2D eigenvalue weighted by Crippen LogP contribution is 2.23. The SMILES string of the molecule is CCOCC(NN)c1cc(F)ccc1Cl. The Morgan fingerprint density at radius 2 is 2.33 bits per heavy atom. The van der Waals surface area contributed by atoms with Crippen molar-refractivity contribution in [3.05, 3.63) is 34.6 Å². The largest absolute Gasteiger partial charge is 0.380 e. The zero-order chi connectivity index (χ0) is 11.3. The first-order chi connectivity index (χ1) is 7.19. The molecule has 0 radical (unpaired) electrons. The van der Waals surface area contributed by atoms with Gasteiger partial charge in [-0.2, -0.15) is 0 Å². The van der Waals surface area contributed by atoms with Crippen LogP contribution in [-0.4, -0.2) is 13.2 Å². The van der Waals surface area contributed by atoms with Crippen LogP contribution in [0.1, 0.15) is 18.5 Å². The van der Waals surface area contributed by atoms with Gasteiger partial charge in [0.05, 0.1) is 12.6 Å². The van der Waals surface area contributed by atoms with E-state index in [-0.39, 0.29) is 11.9 Å². The maximum atomic E-state index is 13.0. The second-order valence-corrected chi connectivity index (χ2v) is 3.45. The van der Waals surface area contributed by atoms with E-state index in [0.717, 1.165) is 0 Å². The molecule has 15 heavy (non-hydrogen) atoms. The van der Waals surface area contributed by atoms with Gasteiger partial charge in [-0.3, -0.25) is 11.3 Å². The number of rotatable bonds is 5. The lowest BCUT2D eigenvalue weighted by Gasteiger charge is -2.17. The molecule has 1 aromatic carbocycles. The molecule has 1 rings (SSSR count). The van der Waals surface area contributed by atoms with Crippen molar-refractivity contribution in [3.8, 4) is 0 Å². The lowest BCUT2D eigenvalue weighted by molar-refractivity contribution is 0.123. The van der Waals surface area contributed by atoms with E-state index in [1.165, 1.54) is 18.2 Å². The van der Waals surface area contributed by atoms with Crippen LogP contribution in [0, 0.1) is 5.82 Å². The summed E-state index contributed by atoms with van der Waals surface area (Å²) in [5.74, 6) is 5.01. The Balaban J connectivity index is 2.85. The summed E-state index contributed by atoms with van der Waals surface area (Å²) in [5, 5.41) is 0.471. The Labute approximate surface area is 93.3 Å². The molecule has 1 unspecified atom stereocenters. The van der Waals surface area contributed by atoms with Gasteiger partial charge in [-0.1, -0.05) is 11.6 Å². The molecule has 0 spiro atoms. The van der Waals surface area contributed by atoms with Crippen LogP contribution in [0.3, 0.4) is 0 Å². The van der Waals surface area contributed by atoms with Crippen molar-refractivity contribution in [1.82, 2.24) is 5.43 Å². The monoisotopic (exact) mass is 232 g/mol. The number of hydrogen-bond acceptors (Lipinski definition) is 3. The lowest BCUT2D eigenvalue weighted by atomic mass is 10.1. The van der Waals surface area contributed by atoms with Crippen LogP contribution < -0.4 is 11.3 Å². The van der Waals surface area contributed by atoms with Gasteiger partial charge in [-0.05, 0) is 30.7 Å². The van der Waals surface area contributed by atoms with Crippen LogP contribution in [0.4, 0.5) is 4.39 Å². The second kappa shape index (κ2) is 6.02. The Morgan fingerprint density at radius 3 is 2.93 bits per heavy atom. The van der Waals surface area contributed by atoms with Crippen LogP contribution in [0.5, 0.6) is 0 Å². The minimum absolute atomic E-state index is 0.298. The van der Waals surface area contributed by atoms with Crippen molar-refractivity contribution in [2.45, 2.75) is 13.0 Å². The molecule has 1 aromatic rings. The van der Waals surface area contributed by atoms with Crippen molar-refractivity contribution in [2.75, 3.05) is 13.2 Å². The fourth-order valence-corrected chi connectivity index (χ4v) is 1.49. The van der Waals surface area contributed by atoms with Crippen LogP contribution >= 0.6 is 11.6 Å². The van der Waals surface area contributed by atoms with Gasteiger partial charge in [0.2, 0.25) is 0 Å². The molecule has 0 fully saturated rings. The standard InChI is InChI=1S/C10H14ClFN2O/c1-2-15-6-10(14-13)8-5-7(12)3-4-9(8)11/h3-5,10,14H,2,6,13H2,1H3. The first-order valence-corrected chi connectivity index (χ1v) is 5.05. The number of nitrogens with one attached hydrogen (secondary N) is 1. The molecule has 0 heterocycles. The molecule has 0 bridgehead atoms. The Bertz CT molecular complexity index is 322. The Kier molecular flexibility index (Phi) is 4.98. The van der Waals surface area contributed by atoms with E-state index < -0.39 is 0 Å². The predicted molar refractivity (Wildman–Crippen MR) is 58.0 cm³/mol. The van der Waals surface area contributed by atoms with E-state index in [1.807, 2.05) is 6.92 Å². The van der Waals surface area contributed by atoms with Gasteiger partial charge >= 0.3 is 0 Å². The zero-order valence-corrected chi connectivity index (χ0v) is 9.22. The Hall–Kier alpha value is -0.680. The summed E-state index contributed by atoms with van der Waals surface area (Å²) in [6.45, 7) is 2.81. The fraction of sp³-hybridized carbons (Fsp3) is 0.400. The predicted octanol–water partition coefficient (Wildman–Crippen LogP) is 2.02. The van der Waals surface area contributed by atoms with Crippen LogP contribution in [0.25, 0.3) is 0 Å². The van der Waals surface area contributed by atoms with Crippen LogP contribution in [0.2, 0.25) is 5.02 Å². The lowest BCUT2D eigenvalue weighted by Crippen LogP contribution is -2.31. The molecule has 5 heteroatoms. The molecule has 3 N–H and O–H groups in total. The molecule has 0 saturated carbocycles. The topological polar surface area (TPSA) is 47.3 Å². The molecule has 0 aliphatic carbocycles. The van der Waals surface area contributed by atoms with Gasteiger partial charge < -0.3 is 4.74 Å². The molecule has 3 nitrogen and oxygen atoms in total. The summed E-state index contributed by atoms with van der Waals surface area (Å²) in [5.41, 5.74) is 3.15. The van der Waals surface area contributed by atoms with Crippen molar-refractivity contribution in [2.24, 2.45) is 5.84 Å². The molecule has 0 aliphatic heterocycles. The normalized spacial score (nSPS) is 12.8. The highest BCUT2D eigenvalue weighted by Gasteiger charge is 2.14. The van der Waals surface area contributed by atoms with Gasteiger partial charge in [0.1, 0.15) is 5.82 Å². The first kappa shape index (κ1) is 12.4. The molecule has 0 aromatic heterocycles. The van der Waals surface area contributed by atoms with Gasteiger partial charge in [0.25, 0.3) is 0 Å². The number of hydrogen-bond donors (Lipinski definition) is 2. The highest BCUT2D eigenvalue weighted by atomic mass is 35.5. The summed E-state index contributed by atoms with van der Waals surface area (Å²) in [6.07, 6.45) is 0. The summed E-state index contributed by atoms with van der Waals surface area (Å²) in [4.78, 5) is 0. The zero-order valence-electron chi connectivity index (χ0n) is 8.47. The smallest absolute Gasteiger partial charge is 0.123 e. The second-order valence-electron chi connectivity index (χ2n) is 3.04. The summed E-state index contributed by atoms with van der Waals surface area (Å²) in [6, 6.07) is 3.86. The van der Waals surface area contributed by atoms with Gasteiger partial charge in [0.15, 0.2) is 0 Å². The van der Waals surface area contributed by atoms with E-state index >= 15 is 0 Å². The third kappa shape index (κ3) is 3.43. The van der Waals surface area contributed by atoms with Crippen molar-refractivity contribution in [3.63, 3.8) is 0 Å². The van der Waals surface area contributed by atoms with Crippen LogP contribution in [-0.2, 0) is 4.74 Å². The minimum Gasteiger partial charge on any atom is -0.380 e. The first-order valence-electron chi connectivity index (χ1n) is 4.67. The number of benzene rings is 1. The van der Waals surface area contributed by atoms with E-state index in [1.54, 1.807) is 0 Å². The number of hydrazine groups is 1. The van der Waals surface area contributed by atoms with Gasteiger partial charge in [0, 0.05) is 11.6 Å². The molecular formula is C10H14ClFN2O. The van der Waals surface area contributed by atoms with Crippen molar-refractivity contribution in [1.29, 1.82) is 0 Å². The molecule has 0 aliphatic rings. The average Bonchev–Trinajstić information content (AvgIpc) is 2.24.